The molecule has 4 saturated carbocycles. The Morgan fingerprint density at radius 1 is 0.346 bits per heavy atom. The van der Waals surface area contributed by atoms with E-state index in [0.717, 1.165) is 162 Å². The van der Waals surface area contributed by atoms with Gasteiger partial charge in [-0.2, -0.15) is 0 Å². The number of hydrogen-bond acceptors (Lipinski definition) is 4. The lowest BCUT2D eigenvalue weighted by Gasteiger charge is -2.14. The second kappa shape index (κ2) is 17.9. The van der Waals surface area contributed by atoms with E-state index in [9.17, 15) is 0 Å². The number of nitrogens with zero attached hydrogens (tertiary/aromatic N) is 6. The van der Waals surface area contributed by atoms with E-state index in [2.05, 4.69) is 217 Å². The number of benzene rings is 9. The molecule has 3 heterocycles. The lowest BCUT2D eigenvalue weighted by atomic mass is 9.94. The summed E-state index contributed by atoms with van der Waals surface area (Å²) in [6, 6.07) is 74.8. The van der Waals surface area contributed by atoms with Gasteiger partial charge >= 0.3 is 0 Å². The number of fused-ring (bicyclic) bond motifs is 5. The van der Waals surface area contributed by atoms with Crippen molar-refractivity contribution in [1.29, 1.82) is 0 Å². The van der Waals surface area contributed by atoms with Crippen LogP contribution in [0.2, 0.25) is 0 Å². The molecule has 0 aliphatic heterocycles. The van der Waals surface area contributed by atoms with Crippen LogP contribution in [0.15, 0.2) is 206 Å². The average Bonchev–Trinajstić information content (AvgIpc) is 4.60. The second-order valence-corrected chi connectivity index (χ2v) is 22.7. The van der Waals surface area contributed by atoms with Gasteiger partial charge in [-0.3, -0.25) is 9.13 Å². The van der Waals surface area contributed by atoms with Crippen molar-refractivity contribution in [3.05, 3.63) is 229 Å². The monoisotopic (exact) mass is 1010 g/mol. The molecule has 0 saturated heterocycles. The van der Waals surface area contributed by atoms with Crippen molar-refractivity contribution in [3.8, 4) is 78.9 Å². The van der Waals surface area contributed by atoms with Gasteiger partial charge in [-0.05, 0) is 166 Å². The highest BCUT2D eigenvalue weighted by Crippen LogP contribution is 2.74. The number of rotatable bonds is 14. The number of para-hydroxylation sites is 4. The molecule has 0 amide bonds. The largest absolute Gasteiger partial charge is 0.292 e. The van der Waals surface area contributed by atoms with Gasteiger partial charge in [0.1, 0.15) is 11.6 Å². The van der Waals surface area contributed by atoms with Crippen molar-refractivity contribution in [1.82, 2.24) is 29.1 Å². The predicted molar refractivity (Wildman–Crippen MR) is 318 cm³/mol. The van der Waals surface area contributed by atoms with Crippen LogP contribution in [0.25, 0.3) is 112 Å². The molecular weight excluding hydrogens is 949 g/mol. The Kier molecular flexibility index (Phi) is 10.4. The quantitative estimate of drug-likeness (QED) is 0.109. The van der Waals surface area contributed by atoms with E-state index in [4.69, 9.17) is 19.9 Å². The molecule has 4 aliphatic carbocycles. The van der Waals surface area contributed by atoms with Crippen LogP contribution in [-0.4, -0.2) is 29.1 Å². The van der Waals surface area contributed by atoms with Crippen molar-refractivity contribution < 1.29 is 0 Å². The van der Waals surface area contributed by atoms with Crippen LogP contribution in [-0.2, 0) is 12.8 Å². The summed E-state index contributed by atoms with van der Waals surface area (Å²) in [7, 11) is 0. The van der Waals surface area contributed by atoms with Gasteiger partial charge in [0.05, 0.1) is 44.5 Å². The zero-order chi connectivity index (χ0) is 51.6. The maximum atomic E-state index is 5.39. The molecular formula is C72H58N6. The van der Waals surface area contributed by atoms with Crippen molar-refractivity contribution in [2.75, 3.05) is 0 Å². The molecule has 4 aliphatic rings. The minimum absolute atomic E-state index is 0.738. The number of aryl methyl sites for hydroxylation is 2. The third kappa shape index (κ3) is 7.67. The summed E-state index contributed by atoms with van der Waals surface area (Å²) < 4.78 is 4.73. The first-order chi connectivity index (χ1) is 38.5. The van der Waals surface area contributed by atoms with E-state index in [1.165, 1.54) is 35.0 Å². The third-order valence-corrected chi connectivity index (χ3v) is 17.8. The van der Waals surface area contributed by atoms with Crippen LogP contribution in [0.4, 0.5) is 0 Å². The first-order valence-corrected chi connectivity index (χ1v) is 28.5. The van der Waals surface area contributed by atoms with Gasteiger partial charge < -0.3 is 0 Å². The minimum Gasteiger partial charge on any atom is -0.292 e. The molecule has 0 radical (unpaired) electrons. The Balaban J connectivity index is 0.693. The van der Waals surface area contributed by atoms with Gasteiger partial charge in [-0.1, -0.05) is 172 Å². The Labute approximate surface area is 455 Å². The van der Waals surface area contributed by atoms with Crippen LogP contribution in [0.1, 0.15) is 73.6 Å². The van der Waals surface area contributed by atoms with Crippen molar-refractivity contribution in [2.45, 2.75) is 64.2 Å². The maximum Gasteiger partial charge on any atom is 0.145 e. The summed E-state index contributed by atoms with van der Waals surface area (Å²) in [4.78, 5) is 21.3. The van der Waals surface area contributed by atoms with E-state index in [-0.39, 0.29) is 0 Å². The van der Waals surface area contributed by atoms with Gasteiger partial charge in [-0.25, -0.2) is 19.9 Å². The highest BCUT2D eigenvalue weighted by atomic mass is 15.1. The maximum absolute atomic E-state index is 5.39. The van der Waals surface area contributed by atoms with E-state index in [1.54, 1.807) is 11.1 Å². The topological polar surface area (TPSA) is 61.4 Å². The molecule has 78 heavy (non-hydrogen) atoms. The summed E-state index contributed by atoms with van der Waals surface area (Å²) in [6.45, 7) is 4.58. The Bertz CT molecular complexity index is 4140. The zero-order valence-corrected chi connectivity index (χ0v) is 44.0. The van der Waals surface area contributed by atoms with E-state index >= 15 is 0 Å². The van der Waals surface area contributed by atoms with Crippen LogP contribution in [0, 0.1) is 23.7 Å². The predicted octanol–water partition coefficient (Wildman–Crippen LogP) is 17.7. The summed E-state index contributed by atoms with van der Waals surface area (Å²) in [5.41, 5.74) is 25.2. The van der Waals surface area contributed by atoms with Gasteiger partial charge in [-0.15, -0.1) is 0 Å². The zero-order valence-electron chi connectivity index (χ0n) is 44.0. The normalized spacial score (nSPS) is 19.5. The summed E-state index contributed by atoms with van der Waals surface area (Å²) in [6.07, 6.45) is 7.30. The highest BCUT2D eigenvalue weighted by Gasteiger charge is 2.65. The fourth-order valence-corrected chi connectivity index (χ4v) is 13.2. The minimum atomic E-state index is 0.738. The molecule has 0 N–H and O–H groups in total. The number of hydrogen-bond donors (Lipinski definition) is 0. The lowest BCUT2D eigenvalue weighted by Crippen LogP contribution is -2.00. The van der Waals surface area contributed by atoms with Crippen molar-refractivity contribution >= 4 is 33.1 Å². The van der Waals surface area contributed by atoms with E-state index in [1.807, 2.05) is 12.1 Å². The van der Waals surface area contributed by atoms with Gasteiger partial charge in [0.15, 0.2) is 0 Å². The molecule has 6 heteroatoms. The highest BCUT2D eigenvalue weighted by molar-refractivity contribution is 5.90. The molecule has 9 aromatic carbocycles. The molecule has 0 spiro atoms. The van der Waals surface area contributed by atoms with Crippen LogP contribution in [0.3, 0.4) is 0 Å². The molecule has 16 rings (SSSR count). The molecule has 0 bridgehead atoms. The number of imidazole rings is 2. The molecule has 3 aromatic heterocycles. The first kappa shape index (κ1) is 45.5. The van der Waals surface area contributed by atoms with Crippen LogP contribution >= 0.6 is 0 Å². The van der Waals surface area contributed by atoms with Crippen molar-refractivity contribution in [3.63, 3.8) is 0 Å². The Morgan fingerprint density at radius 3 is 1.12 bits per heavy atom. The fourth-order valence-electron chi connectivity index (χ4n) is 13.2. The molecule has 12 aromatic rings. The first-order valence-electron chi connectivity index (χ1n) is 28.5. The van der Waals surface area contributed by atoms with Gasteiger partial charge in [0, 0.05) is 33.6 Å². The van der Waals surface area contributed by atoms with Crippen LogP contribution < -0.4 is 0 Å². The Morgan fingerprint density at radius 2 is 0.705 bits per heavy atom. The van der Waals surface area contributed by atoms with Crippen molar-refractivity contribution in [2.24, 2.45) is 23.7 Å². The molecule has 6 nitrogen and oxygen atoms in total. The molecule has 4 unspecified atom stereocenters. The van der Waals surface area contributed by atoms with Gasteiger partial charge in [0.25, 0.3) is 0 Å². The summed E-state index contributed by atoms with van der Waals surface area (Å²) >= 11 is 0. The average molecular weight is 1010 g/mol. The smallest absolute Gasteiger partial charge is 0.145 e. The number of aromatic nitrogens is 6. The molecule has 4 atom stereocenters. The van der Waals surface area contributed by atoms with E-state index < -0.39 is 0 Å². The lowest BCUT2D eigenvalue weighted by molar-refractivity contribution is 0.760. The fraction of sp³-hybridized carbons (Fsp3) is 0.194. The summed E-state index contributed by atoms with van der Waals surface area (Å²) in [5.74, 6) is 7.04. The van der Waals surface area contributed by atoms with E-state index in [0.29, 0.717) is 0 Å². The summed E-state index contributed by atoms with van der Waals surface area (Å²) in [5, 5.41) is 0. The van der Waals surface area contributed by atoms with Crippen LogP contribution in [0.5, 0.6) is 0 Å². The standard InChI is InChI=1S/C72H58N6/c1-3-13-51-37-63-66(42-56(51)68-59-40-60(59)68)78(54-17-9-6-10-18-54)71(75-63)49-33-25-45(26-34-49)43-21-29-47(30-22-43)69-70(74-62-20-12-11-19-61(62)73-69)48-31-23-44(24-32-48)46-27-35-50(36-28-46)72-76-64-41-55(67-57-39-58(57)67)52(14-4-2)38-65(64)77(72)53-15-7-5-8-16-53/h5-12,15-38,41-42,57-60,67-68H,3-4,13-14,39-40H2,1-2H3. The second-order valence-electron chi connectivity index (χ2n) is 22.7. The van der Waals surface area contributed by atoms with Gasteiger partial charge in [0.2, 0.25) is 0 Å². The molecule has 376 valence electrons. The third-order valence-electron chi connectivity index (χ3n) is 17.8. The molecule has 4 fully saturated rings. The Hall–Kier alpha value is -8.74. The SMILES string of the molecule is CCCc1cc2c(cc1C1C3CC31)nc(-c1ccc(-c3ccc(-c4nc5ccccc5nc4-c4ccc(-c5ccc(-c6nc7cc(CCC)c(C8C9CC98)cc7n6-c6ccccc6)cc5)cc4)cc3)cc1)n2-c1ccccc1.